The molecule has 0 radical (unpaired) electrons. The van der Waals surface area contributed by atoms with Gasteiger partial charge in [-0.1, -0.05) is 13.3 Å². The van der Waals surface area contributed by atoms with Crippen LogP contribution in [0, 0.1) is 6.92 Å². The van der Waals surface area contributed by atoms with Crippen LogP contribution in [0.15, 0.2) is 60.5 Å². The number of hydrogen-bond acceptors (Lipinski definition) is 7. The summed E-state index contributed by atoms with van der Waals surface area (Å²) in [5.41, 5.74) is 7.28. The first-order valence-electron chi connectivity index (χ1n) is 12.0. The molecule has 1 atom stereocenters. The molecule has 178 valence electrons. The summed E-state index contributed by atoms with van der Waals surface area (Å²) in [6.45, 7) is 10.2. The summed E-state index contributed by atoms with van der Waals surface area (Å²) in [6, 6.07) is 4.00. The summed E-state index contributed by atoms with van der Waals surface area (Å²) in [7, 11) is 0. The highest BCUT2D eigenvalue weighted by Gasteiger charge is 2.19. The van der Waals surface area contributed by atoms with Crippen LogP contribution in [0.2, 0.25) is 0 Å². The molecule has 0 saturated carbocycles. The third-order valence-electron chi connectivity index (χ3n) is 6.38. The normalized spacial score (nSPS) is 19.1. The van der Waals surface area contributed by atoms with E-state index >= 15 is 0 Å². The van der Waals surface area contributed by atoms with Crippen molar-refractivity contribution in [3.05, 3.63) is 77.2 Å². The largest absolute Gasteiger partial charge is 0.371 e. The fraction of sp³-hybridized carbons (Fsp3) is 0.370. The zero-order chi connectivity index (χ0) is 23.9. The average Bonchev–Trinajstić information content (AvgIpc) is 2.87. The minimum absolute atomic E-state index is 0.198. The summed E-state index contributed by atoms with van der Waals surface area (Å²) in [5.74, 6) is 0. The van der Waals surface area contributed by atoms with Crippen LogP contribution in [-0.2, 0) is 11.2 Å². The van der Waals surface area contributed by atoms with Crippen molar-refractivity contribution >= 4 is 11.9 Å². The molecule has 7 heteroatoms. The maximum atomic E-state index is 12.3. The van der Waals surface area contributed by atoms with Crippen LogP contribution >= 0.6 is 0 Å². The second-order valence-corrected chi connectivity index (χ2v) is 8.81. The van der Waals surface area contributed by atoms with Crippen molar-refractivity contribution in [2.45, 2.75) is 39.8 Å². The number of rotatable bonds is 8. The molecule has 1 saturated heterocycles. The lowest BCUT2D eigenvalue weighted by Gasteiger charge is -2.34. The minimum Gasteiger partial charge on any atom is -0.371 e. The van der Waals surface area contributed by atoms with Gasteiger partial charge in [0.15, 0.2) is 6.29 Å². The molecule has 1 fully saturated rings. The van der Waals surface area contributed by atoms with Crippen LogP contribution in [0.3, 0.4) is 0 Å². The van der Waals surface area contributed by atoms with Gasteiger partial charge in [-0.15, -0.1) is 0 Å². The van der Waals surface area contributed by atoms with Crippen molar-refractivity contribution in [2.24, 2.45) is 0 Å². The first kappa shape index (κ1) is 23.9. The van der Waals surface area contributed by atoms with Gasteiger partial charge in [-0.25, -0.2) is 0 Å². The van der Waals surface area contributed by atoms with Gasteiger partial charge in [0, 0.05) is 67.8 Å². The molecule has 3 N–H and O–H groups in total. The Morgan fingerprint density at radius 1 is 1.29 bits per heavy atom. The lowest BCUT2D eigenvalue weighted by molar-refractivity contribution is -0.103. The topological polar surface area (TPSA) is 82.2 Å². The third kappa shape index (κ3) is 5.43. The summed E-state index contributed by atoms with van der Waals surface area (Å²) < 4.78 is 0. The van der Waals surface area contributed by atoms with Crippen LogP contribution in [0.4, 0.5) is 0 Å². The van der Waals surface area contributed by atoms with Crippen molar-refractivity contribution in [3.8, 4) is 11.3 Å². The van der Waals surface area contributed by atoms with E-state index in [0.29, 0.717) is 5.57 Å². The molecule has 7 nitrogen and oxygen atoms in total. The van der Waals surface area contributed by atoms with Crippen molar-refractivity contribution in [3.63, 3.8) is 0 Å². The quantitative estimate of drug-likeness (QED) is 0.414. The smallest absolute Gasteiger partial charge is 0.152 e. The maximum absolute atomic E-state index is 12.3. The van der Waals surface area contributed by atoms with Gasteiger partial charge < -0.3 is 16.0 Å². The van der Waals surface area contributed by atoms with Crippen LogP contribution in [-0.4, -0.2) is 53.5 Å². The second-order valence-electron chi connectivity index (χ2n) is 8.81. The van der Waals surface area contributed by atoms with Crippen LogP contribution in [0.5, 0.6) is 0 Å². The molecule has 0 amide bonds. The Labute approximate surface area is 202 Å². The van der Waals surface area contributed by atoms with Gasteiger partial charge in [-0.2, -0.15) is 0 Å². The summed E-state index contributed by atoms with van der Waals surface area (Å²) in [4.78, 5) is 23.7. The lowest BCUT2D eigenvalue weighted by Crippen LogP contribution is -2.52. The fourth-order valence-electron chi connectivity index (χ4n) is 4.46. The van der Waals surface area contributed by atoms with Gasteiger partial charge in [0.05, 0.1) is 17.6 Å². The molecule has 4 rings (SSSR count). The van der Waals surface area contributed by atoms with Crippen LogP contribution in [0.25, 0.3) is 16.8 Å². The molecule has 0 spiro atoms. The van der Waals surface area contributed by atoms with Gasteiger partial charge >= 0.3 is 0 Å². The molecule has 4 heterocycles. The van der Waals surface area contributed by atoms with Crippen molar-refractivity contribution in [2.75, 3.05) is 26.2 Å². The van der Waals surface area contributed by atoms with Gasteiger partial charge in [-0.3, -0.25) is 19.7 Å². The molecule has 0 aliphatic carbocycles. The predicted octanol–water partition coefficient (Wildman–Crippen LogP) is 3.16. The van der Waals surface area contributed by atoms with Crippen molar-refractivity contribution in [1.29, 1.82) is 0 Å². The van der Waals surface area contributed by atoms with Gasteiger partial charge in [0.1, 0.15) is 0 Å². The number of aromatic nitrogens is 2. The van der Waals surface area contributed by atoms with E-state index in [1.807, 2.05) is 44.6 Å². The number of allylic oxidation sites excluding steroid dienone is 3. The SMILES string of the molecule is CCCc1cnc(-c2cnccc2C)cc1/C(C=O)=C(\C)NC1=CNC(N2CCNCC2)C=C1. The molecule has 1 unspecified atom stereocenters. The third-order valence-corrected chi connectivity index (χ3v) is 6.38. The lowest BCUT2D eigenvalue weighted by atomic mass is 9.95. The number of carbonyl (C=O) groups is 1. The second kappa shape index (κ2) is 11.2. The Morgan fingerprint density at radius 2 is 2.12 bits per heavy atom. The fourth-order valence-corrected chi connectivity index (χ4v) is 4.46. The number of nitrogens with zero attached hydrogens (tertiary/aromatic N) is 3. The molecule has 34 heavy (non-hydrogen) atoms. The molecule has 2 aliphatic rings. The van der Waals surface area contributed by atoms with E-state index in [4.69, 9.17) is 4.98 Å². The Balaban J connectivity index is 1.60. The van der Waals surface area contributed by atoms with Gasteiger partial charge in [0.25, 0.3) is 0 Å². The zero-order valence-corrected chi connectivity index (χ0v) is 20.3. The monoisotopic (exact) mass is 458 g/mol. The number of aryl methyl sites for hydroxylation is 2. The van der Waals surface area contributed by atoms with E-state index in [0.717, 1.165) is 84.6 Å². The average molecular weight is 459 g/mol. The number of pyridine rings is 2. The minimum atomic E-state index is 0.198. The number of nitrogens with one attached hydrogen (secondary N) is 3. The van der Waals surface area contributed by atoms with E-state index in [2.05, 4.69) is 44.9 Å². The number of piperazine rings is 1. The zero-order valence-electron chi connectivity index (χ0n) is 20.3. The highest BCUT2D eigenvalue weighted by molar-refractivity contribution is 6.09. The molecular formula is C27H34N6O. The van der Waals surface area contributed by atoms with Crippen molar-refractivity contribution < 1.29 is 4.79 Å². The molecular weight excluding hydrogens is 424 g/mol. The van der Waals surface area contributed by atoms with Gasteiger partial charge in [-0.05, 0) is 61.2 Å². The molecule has 0 aromatic carbocycles. The summed E-state index contributed by atoms with van der Waals surface area (Å²) in [6.07, 6.45) is 14.7. The van der Waals surface area contributed by atoms with E-state index in [-0.39, 0.29) is 6.17 Å². The van der Waals surface area contributed by atoms with Crippen LogP contribution in [0.1, 0.15) is 37.0 Å². The molecule has 0 bridgehead atoms. The van der Waals surface area contributed by atoms with Gasteiger partial charge in [0.2, 0.25) is 0 Å². The highest BCUT2D eigenvalue weighted by atomic mass is 16.1. The Hall–Kier alpha value is -3.29. The summed E-state index contributed by atoms with van der Waals surface area (Å²) in [5, 5.41) is 10.3. The van der Waals surface area contributed by atoms with Crippen LogP contribution < -0.4 is 16.0 Å². The standard InChI is InChI=1S/C27H34N6O/c1-4-5-21-15-30-26(24-17-29-9-8-19(24)2)14-23(21)25(18-34)20(3)32-22-6-7-27(31-16-22)33-12-10-28-11-13-33/h6-9,14-18,27-28,31-32H,4-5,10-13H2,1-3H3/b25-20+. The number of aldehydes is 1. The number of carbonyl (C=O) groups excluding carboxylic acids is 1. The van der Waals surface area contributed by atoms with E-state index in [9.17, 15) is 4.79 Å². The Morgan fingerprint density at radius 3 is 2.79 bits per heavy atom. The summed E-state index contributed by atoms with van der Waals surface area (Å²) >= 11 is 0. The predicted molar refractivity (Wildman–Crippen MR) is 137 cm³/mol. The Kier molecular flexibility index (Phi) is 7.87. The Bertz CT molecular complexity index is 1110. The van der Waals surface area contributed by atoms with Crippen molar-refractivity contribution in [1.82, 2.24) is 30.8 Å². The van der Waals surface area contributed by atoms with E-state index in [1.165, 1.54) is 0 Å². The first-order valence-corrected chi connectivity index (χ1v) is 12.0. The first-order chi connectivity index (χ1) is 16.6. The molecule has 2 aromatic rings. The number of hydrogen-bond donors (Lipinski definition) is 3. The number of dihydropyridines is 1. The van der Waals surface area contributed by atoms with E-state index < -0.39 is 0 Å². The maximum Gasteiger partial charge on any atom is 0.152 e. The molecule has 2 aliphatic heterocycles. The van der Waals surface area contributed by atoms with E-state index in [1.54, 1.807) is 6.20 Å². The molecule has 2 aromatic heterocycles. The highest BCUT2D eigenvalue weighted by Crippen LogP contribution is 2.28.